The predicted octanol–water partition coefficient (Wildman–Crippen LogP) is 2.65. The lowest BCUT2D eigenvalue weighted by Gasteiger charge is -2.10. The number of halogens is 2. The van der Waals surface area contributed by atoms with Gasteiger partial charge in [0.05, 0.1) is 12.8 Å². The summed E-state index contributed by atoms with van der Waals surface area (Å²) in [7, 11) is 0. The van der Waals surface area contributed by atoms with Gasteiger partial charge in [-0.15, -0.1) is 10.1 Å². The zero-order valence-corrected chi connectivity index (χ0v) is 16.4. The van der Waals surface area contributed by atoms with Crippen molar-refractivity contribution in [2.45, 2.75) is 19.4 Å². The fourth-order valence-corrected chi connectivity index (χ4v) is 2.86. The second kappa shape index (κ2) is 10.4. The van der Waals surface area contributed by atoms with E-state index >= 15 is 0 Å². The maximum atomic E-state index is 12.0. The van der Waals surface area contributed by atoms with E-state index in [4.69, 9.17) is 28.6 Å². The highest BCUT2D eigenvalue weighted by Gasteiger charge is 2.13. The number of amides is 2. The van der Waals surface area contributed by atoms with Crippen LogP contribution in [-0.2, 0) is 33.9 Å². The van der Waals surface area contributed by atoms with Crippen LogP contribution in [0.1, 0.15) is 16.7 Å². The van der Waals surface area contributed by atoms with Gasteiger partial charge in [0.25, 0.3) is 5.09 Å². The minimum absolute atomic E-state index is 0.0506. The monoisotopic (exact) mass is 438 g/mol. The van der Waals surface area contributed by atoms with Gasteiger partial charge in [-0.2, -0.15) is 0 Å². The molecule has 0 aromatic heterocycles. The highest BCUT2D eigenvalue weighted by atomic mass is 35.5. The average Bonchev–Trinajstić information content (AvgIpc) is 2.64. The van der Waals surface area contributed by atoms with Crippen molar-refractivity contribution in [3.8, 4) is 0 Å². The quantitative estimate of drug-likeness (QED) is 0.264. The number of guanidine groups is 1. The number of hydrogen-bond acceptors (Lipinski definition) is 6. The van der Waals surface area contributed by atoms with Crippen LogP contribution in [-0.4, -0.2) is 22.9 Å². The molecule has 0 heterocycles. The van der Waals surface area contributed by atoms with Gasteiger partial charge in [-0.05, 0) is 28.8 Å². The molecule has 11 heteroatoms. The molecular formula is C18H16Cl2N4O5. The van der Waals surface area contributed by atoms with Crippen molar-refractivity contribution in [1.82, 2.24) is 10.6 Å². The van der Waals surface area contributed by atoms with Crippen LogP contribution in [0, 0.1) is 15.5 Å². The summed E-state index contributed by atoms with van der Waals surface area (Å²) in [6, 6.07) is 11.2. The summed E-state index contributed by atoms with van der Waals surface area (Å²) in [5, 5.41) is 22.2. The number of carbonyl (C=O) groups excluding carboxylic acids is 2. The Morgan fingerprint density at radius 1 is 0.966 bits per heavy atom. The summed E-state index contributed by atoms with van der Waals surface area (Å²) in [6.07, 6.45) is -0.199. The summed E-state index contributed by atoms with van der Waals surface area (Å²) in [5.41, 5.74) is 1.62. The van der Waals surface area contributed by atoms with Gasteiger partial charge in [-0.25, -0.2) is 0 Å². The molecular weight excluding hydrogens is 423 g/mol. The zero-order valence-electron chi connectivity index (χ0n) is 14.9. The number of carbonyl (C=O) groups is 2. The van der Waals surface area contributed by atoms with Crippen LogP contribution in [0.2, 0.25) is 10.0 Å². The first-order chi connectivity index (χ1) is 13.7. The molecule has 0 aliphatic heterocycles. The Bertz CT molecular complexity index is 914. The van der Waals surface area contributed by atoms with Crippen molar-refractivity contribution in [2.75, 3.05) is 0 Å². The topological polar surface area (TPSA) is 134 Å². The molecule has 0 saturated heterocycles. The van der Waals surface area contributed by atoms with E-state index in [1.54, 1.807) is 42.5 Å². The minimum atomic E-state index is -0.888. The van der Waals surface area contributed by atoms with Crippen LogP contribution in [0.25, 0.3) is 0 Å². The molecule has 152 valence electrons. The molecule has 0 bridgehead atoms. The van der Waals surface area contributed by atoms with Gasteiger partial charge < -0.3 is 4.84 Å². The normalized spacial score (nSPS) is 10.1. The van der Waals surface area contributed by atoms with E-state index in [0.717, 1.165) is 0 Å². The Labute approximate surface area is 175 Å². The first-order valence-corrected chi connectivity index (χ1v) is 8.96. The second-order valence-electron chi connectivity index (χ2n) is 5.84. The van der Waals surface area contributed by atoms with Crippen molar-refractivity contribution in [1.29, 1.82) is 5.41 Å². The Hall–Kier alpha value is -3.17. The van der Waals surface area contributed by atoms with E-state index in [2.05, 4.69) is 15.5 Å². The SMILES string of the molecule is N=C(NC(=O)Cc1ccc(CO[N+](=O)[O-])cc1)NC(=O)Cc1c(Cl)cccc1Cl. The minimum Gasteiger partial charge on any atom is -0.309 e. The van der Waals surface area contributed by atoms with Gasteiger partial charge in [-0.3, -0.25) is 25.6 Å². The second-order valence-corrected chi connectivity index (χ2v) is 6.65. The van der Waals surface area contributed by atoms with Gasteiger partial charge in [0.2, 0.25) is 17.8 Å². The van der Waals surface area contributed by atoms with E-state index in [-0.39, 0.29) is 19.4 Å². The van der Waals surface area contributed by atoms with Gasteiger partial charge in [0, 0.05) is 10.0 Å². The number of rotatable bonds is 7. The predicted molar refractivity (Wildman–Crippen MR) is 106 cm³/mol. The Kier molecular flexibility index (Phi) is 7.93. The van der Waals surface area contributed by atoms with Crippen LogP contribution < -0.4 is 10.6 Å². The summed E-state index contributed by atoms with van der Waals surface area (Å²) >= 11 is 12.0. The van der Waals surface area contributed by atoms with E-state index in [1.807, 2.05) is 0 Å². The van der Waals surface area contributed by atoms with E-state index in [1.165, 1.54) is 0 Å². The molecule has 2 amide bonds. The summed E-state index contributed by atoms with van der Waals surface area (Å²) in [6.45, 7) is -0.189. The van der Waals surface area contributed by atoms with Crippen LogP contribution in [0.5, 0.6) is 0 Å². The Morgan fingerprint density at radius 3 is 2.03 bits per heavy atom. The van der Waals surface area contributed by atoms with Crippen LogP contribution in [0.15, 0.2) is 42.5 Å². The van der Waals surface area contributed by atoms with E-state index in [9.17, 15) is 19.7 Å². The number of benzene rings is 2. The Balaban J connectivity index is 1.82. The number of hydrogen-bond donors (Lipinski definition) is 3. The summed E-state index contributed by atoms with van der Waals surface area (Å²) in [4.78, 5) is 38.5. The fourth-order valence-electron chi connectivity index (χ4n) is 2.33. The molecule has 29 heavy (non-hydrogen) atoms. The van der Waals surface area contributed by atoms with Gasteiger partial charge in [-0.1, -0.05) is 53.5 Å². The van der Waals surface area contributed by atoms with Crippen LogP contribution >= 0.6 is 23.2 Å². The molecule has 3 N–H and O–H groups in total. The molecule has 0 saturated carbocycles. The molecule has 2 aromatic rings. The van der Waals surface area contributed by atoms with Gasteiger partial charge in [0.15, 0.2) is 0 Å². The third-order valence-corrected chi connectivity index (χ3v) is 4.36. The van der Waals surface area contributed by atoms with Crippen molar-refractivity contribution < 1.29 is 19.5 Å². The molecule has 0 aliphatic carbocycles. The first kappa shape index (κ1) is 22.1. The maximum Gasteiger partial charge on any atom is 0.294 e. The van der Waals surface area contributed by atoms with Crippen molar-refractivity contribution >= 4 is 41.0 Å². The number of nitrogens with one attached hydrogen (secondary N) is 3. The molecule has 0 fully saturated rings. The standard InChI is InChI=1S/C18H16Cl2N4O5/c19-14-2-1-3-15(20)13(14)9-17(26)23-18(21)22-16(25)8-11-4-6-12(7-5-11)10-29-24(27)28/h1-7H,8-10H2,(H3,21,22,23,25,26). The summed E-state index contributed by atoms with van der Waals surface area (Å²) < 4.78 is 0. The van der Waals surface area contributed by atoms with Gasteiger partial charge >= 0.3 is 0 Å². The molecule has 9 nitrogen and oxygen atoms in total. The third kappa shape index (κ3) is 7.40. The molecule has 0 aliphatic rings. The Morgan fingerprint density at radius 2 is 1.48 bits per heavy atom. The van der Waals surface area contributed by atoms with Crippen molar-refractivity contribution in [3.63, 3.8) is 0 Å². The van der Waals surface area contributed by atoms with Gasteiger partial charge in [0.1, 0.15) is 6.61 Å². The highest BCUT2D eigenvalue weighted by molar-refractivity contribution is 6.36. The molecule has 0 unspecified atom stereocenters. The highest BCUT2D eigenvalue weighted by Crippen LogP contribution is 2.24. The number of nitrogens with zero attached hydrogens (tertiary/aromatic N) is 1. The maximum absolute atomic E-state index is 12.0. The fraction of sp³-hybridized carbons (Fsp3) is 0.167. The third-order valence-electron chi connectivity index (χ3n) is 3.65. The van der Waals surface area contributed by atoms with Crippen LogP contribution in [0.4, 0.5) is 0 Å². The molecule has 0 atom stereocenters. The lowest BCUT2D eigenvalue weighted by atomic mass is 10.1. The molecule has 2 aromatic carbocycles. The summed E-state index contributed by atoms with van der Waals surface area (Å²) in [5.74, 6) is -1.54. The zero-order chi connectivity index (χ0) is 21.4. The lowest BCUT2D eigenvalue weighted by Crippen LogP contribution is -2.44. The van der Waals surface area contributed by atoms with Crippen LogP contribution in [0.3, 0.4) is 0 Å². The van der Waals surface area contributed by atoms with Crippen molar-refractivity contribution in [2.24, 2.45) is 0 Å². The molecule has 0 radical (unpaired) electrons. The first-order valence-electron chi connectivity index (χ1n) is 8.21. The smallest absolute Gasteiger partial charge is 0.294 e. The molecule has 0 spiro atoms. The van der Waals surface area contributed by atoms with Crippen molar-refractivity contribution in [3.05, 3.63) is 79.3 Å². The largest absolute Gasteiger partial charge is 0.309 e. The van der Waals surface area contributed by atoms with E-state index < -0.39 is 22.9 Å². The van der Waals surface area contributed by atoms with E-state index in [0.29, 0.717) is 26.7 Å². The molecule has 2 rings (SSSR count). The lowest BCUT2D eigenvalue weighted by molar-refractivity contribution is -0.763. The average molecular weight is 439 g/mol.